The van der Waals surface area contributed by atoms with E-state index in [0.717, 1.165) is 60.8 Å². The Labute approximate surface area is 184 Å². The molecule has 2 fully saturated rings. The highest BCUT2D eigenvalue weighted by Gasteiger charge is 2.30. The van der Waals surface area contributed by atoms with Crippen LogP contribution < -0.4 is 10.6 Å². The Hall–Kier alpha value is -2.51. The summed E-state index contributed by atoms with van der Waals surface area (Å²) in [5.41, 5.74) is 10.7. The predicted molar refractivity (Wildman–Crippen MR) is 125 cm³/mol. The molecule has 0 bridgehead atoms. The third-order valence-corrected chi connectivity index (χ3v) is 7.15. The van der Waals surface area contributed by atoms with Gasteiger partial charge in [-0.25, -0.2) is 4.98 Å². The van der Waals surface area contributed by atoms with E-state index in [0.29, 0.717) is 12.1 Å². The van der Waals surface area contributed by atoms with Gasteiger partial charge in [-0.1, -0.05) is 0 Å². The molecule has 1 saturated heterocycles. The van der Waals surface area contributed by atoms with Gasteiger partial charge in [0.15, 0.2) is 0 Å². The van der Waals surface area contributed by atoms with Gasteiger partial charge in [0.05, 0.1) is 35.2 Å². The van der Waals surface area contributed by atoms with Gasteiger partial charge in [-0.05, 0) is 70.3 Å². The first-order valence-corrected chi connectivity index (χ1v) is 11.6. The first kappa shape index (κ1) is 20.4. The average molecular weight is 420 g/mol. The van der Waals surface area contributed by atoms with Crippen molar-refractivity contribution in [3.63, 3.8) is 0 Å². The summed E-state index contributed by atoms with van der Waals surface area (Å²) in [6.07, 6.45) is 10.7. The lowest BCUT2D eigenvalue weighted by Gasteiger charge is -2.39. The summed E-state index contributed by atoms with van der Waals surface area (Å²) in [4.78, 5) is 14.5. The number of fused-ring (bicyclic) bond motifs is 1. The molecular formula is C24H33N7. The topological polar surface area (TPSA) is 76.1 Å². The molecule has 0 amide bonds. The van der Waals surface area contributed by atoms with Crippen LogP contribution in [-0.4, -0.2) is 63.9 Å². The molecule has 7 heteroatoms. The van der Waals surface area contributed by atoms with E-state index in [1.54, 1.807) is 0 Å². The SMILES string of the molecule is C[C@@H]1CN(c2ccc3ncc(-c4cnn(C5CC(CCCN)C5)c4)nc3c2)CCN1C. The van der Waals surface area contributed by atoms with Crippen molar-refractivity contribution in [3.05, 3.63) is 36.8 Å². The summed E-state index contributed by atoms with van der Waals surface area (Å²) >= 11 is 0. The van der Waals surface area contributed by atoms with Crippen LogP contribution in [0.25, 0.3) is 22.3 Å². The summed E-state index contributed by atoms with van der Waals surface area (Å²) in [7, 11) is 2.20. The standard InChI is InChI=1S/C24H33N7/c1-17-15-30(9-8-29(17)2)20-5-6-22-23(12-20)28-24(14-26-22)19-13-27-31(16-19)21-10-18(11-21)4-3-7-25/h5-6,12-14,16-18,21H,3-4,7-11,15,25H2,1-2H3/t17-,18?,21?/m1/s1. The molecular weight excluding hydrogens is 386 g/mol. The van der Waals surface area contributed by atoms with Gasteiger partial charge in [0, 0.05) is 43.1 Å². The minimum absolute atomic E-state index is 0.510. The molecule has 1 atom stereocenters. The van der Waals surface area contributed by atoms with Gasteiger partial charge < -0.3 is 15.5 Å². The fraction of sp³-hybridized carbons (Fsp3) is 0.542. The first-order chi connectivity index (χ1) is 15.1. The molecule has 0 radical (unpaired) electrons. The molecule has 5 rings (SSSR count). The Morgan fingerprint density at radius 1 is 1.13 bits per heavy atom. The van der Waals surface area contributed by atoms with Gasteiger partial charge in [-0.3, -0.25) is 9.67 Å². The predicted octanol–water partition coefficient (Wildman–Crippen LogP) is 3.32. The van der Waals surface area contributed by atoms with Crippen LogP contribution in [0.3, 0.4) is 0 Å². The molecule has 2 aliphatic rings. The fourth-order valence-corrected chi connectivity index (χ4v) is 4.85. The quantitative estimate of drug-likeness (QED) is 0.661. The van der Waals surface area contributed by atoms with E-state index >= 15 is 0 Å². The van der Waals surface area contributed by atoms with Crippen molar-refractivity contribution >= 4 is 16.7 Å². The van der Waals surface area contributed by atoms with Crippen LogP contribution >= 0.6 is 0 Å². The molecule has 1 aliphatic heterocycles. The third-order valence-electron chi connectivity index (χ3n) is 7.15. The van der Waals surface area contributed by atoms with Crippen molar-refractivity contribution < 1.29 is 0 Å². The van der Waals surface area contributed by atoms with Crippen molar-refractivity contribution in [1.29, 1.82) is 0 Å². The third kappa shape index (κ3) is 4.16. The second-order valence-corrected chi connectivity index (χ2v) is 9.34. The Bertz CT molecular complexity index is 1040. The zero-order valence-corrected chi connectivity index (χ0v) is 18.6. The van der Waals surface area contributed by atoms with E-state index in [4.69, 9.17) is 10.7 Å². The van der Waals surface area contributed by atoms with Crippen LogP contribution in [0.2, 0.25) is 0 Å². The van der Waals surface area contributed by atoms with Crippen molar-refractivity contribution in [1.82, 2.24) is 24.6 Å². The maximum absolute atomic E-state index is 5.64. The maximum atomic E-state index is 5.64. The molecule has 164 valence electrons. The van der Waals surface area contributed by atoms with Gasteiger partial charge in [0.1, 0.15) is 0 Å². The number of rotatable bonds is 6. The molecule has 1 aliphatic carbocycles. The van der Waals surface area contributed by atoms with Crippen molar-refractivity contribution in [2.45, 2.75) is 44.7 Å². The van der Waals surface area contributed by atoms with E-state index < -0.39 is 0 Å². The van der Waals surface area contributed by atoms with Gasteiger partial charge in [0.25, 0.3) is 0 Å². The van der Waals surface area contributed by atoms with Gasteiger partial charge >= 0.3 is 0 Å². The van der Waals surface area contributed by atoms with Gasteiger partial charge in [-0.15, -0.1) is 0 Å². The van der Waals surface area contributed by atoms with Gasteiger partial charge in [-0.2, -0.15) is 5.10 Å². The van der Waals surface area contributed by atoms with Crippen LogP contribution in [0, 0.1) is 5.92 Å². The largest absolute Gasteiger partial charge is 0.369 e. The smallest absolute Gasteiger partial charge is 0.0924 e. The number of benzene rings is 1. The van der Waals surface area contributed by atoms with E-state index in [2.05, 4.69) is 62.9 Å². The summed E-state index contributed by atoms with van der Waals surface area (Å²) in [5, 5.41) is 4.63. The molecule has 7 nitrogen and oxygen atoms in total. The van der Waals surface area contributed by atoms with Crippen LogP contribution in [0.1, 0.15) is 38.6 Å². The average Bonchev–Trinajstić information content (AvgIpc) is 3.23. The summed E-state index contributed by atoms with van der Waals surface area (Å²) < 4.78 is 2.11. The number of likely N-dealkylation sites (N-methyl/N-ethyl adjacent to an activating group) is 1. The summed E-state index contributed by atoms with van der Waals surface area (Å²) in [6.45, 7) is 6.24. The molecule has 0 unspecified atom stereocenters. The zero-order valence-electron chi connectivity index (χ0n) is 18.6. The van der Waals surface area contributed by atoms with Crippen molar-refractivity contribution in [2.75, 3.05) is 38.1 Å². The van der Waals surface area contributed by atoms with Crippen LogP contribution in [0.15, 0.2) is 36.8 Å². The number of nitrogens with two attached hydrogens (primary N) is 1. The van der Waals surface area contributed by atoms with E-state index in [9.17, 15) is 0 Å². The number of anilines is 1. The fourth-order valence-electron chi connectivity index (χ4n) is 4.85. The lowest BCUT2D eigenvalue weighted by Crippen LogP contribution is -2.50. The first-order valence-electron chi connectivity index (χ1n) is 11.6. The Balaban J connectivity index is 1.32. The number of nitrogens with zero attached hydrogens (tertiary/aromatic N) is 6. The van der Waals surface area contributed by atoms with Gasteiger partial charge in [0.2, 0.25) is 0 Å². The molecule has 1 saturated carbocycles. The van der Waals surface area contributed by atoms with Crippen molar-refractivity contribution in [2.24, 2.45) is 11.7 Å². The zero-order chi connectivity index (χ0) is 21.4. The van der Waals surface area contributed by atoms with Crippen LogP contribution in [0.4, 0.5) is 5.69 Å². The number of hydrogen-bond donors (Lipinski definition) is 1. The molecule has 0 spiro atoms. The second kappa shape index (κ2) is 8.55. The minimum Gasteiger partial charge on any atom is -0.369 e. The summed E-state index contributed by atoms with van der Waals surface area (Å²) in [6, 6.07) is 7.50. The molecule has 31 heavy (non-hydrogen) atoms. The highest BCUT2D eigenvalue weighted by molar-refractivity contribution is 5.81. The Morgan fingerprint density at radius 2 is 2.00 bits per heavy atom. The van der Waals surface area contributed by atoms with Crippen molar-refractivity contribution in [3.8, 4) is 11.3 Å². The lowest BCUT2D eigenvalue weighted by molar-refractivity contribution is 0.171. The van der Waals surface area contributed by atoms with Crippen LogP contribution in [-0.2, 0) is 0 Å². The molecule has 2 aromatic heterocycles. The highest BCUT2D eigenvalue weighted by Crippen LogP contribution is 2.40. The van der Waals surface area contributed by atoms with Crippen LogP contribution in [0.5, 0.6) is 0 Å². The minimum atomic E-state index is 0.510. The Morgan fingerprint density at radius 3 is 2.81 bits per heavy atom. The number of hydrogen-bond acceptors (Lipinski definition) is 6. The second-order valence-electron chi connectivity index (χ2n) is 9.34. The molecule has 3 aromatic rings. The highest BCUT2D eigenvalue weighted by atomic mass is 15.3. The monoisotopic (exact) mass is 419 g/mol. The molecule has 3 heterocycles. The normalized spacial score (nSPS) is 24.5. The molecule has 2 N–H and O–H groups in total. The van der Waals surface area contributed by atoms with E-state index in [1.165, 1.54) is 24.9 Å². The Kier molecular flexibility index (Phi) is 5.63. The van der Waals surface area contributed by atoms with E-state index in [-0.39, 0.29) is 0 Å². The van der Waals surface area contributed by atoms with E-state index in [1.807, 2.05) is 12.4 Å². The lowest BCUT2D eigenvalue weighted by atomic mass is 9.77. The summed E-state index contributed by atoms with van der Waals surface area (Å²) in [5.74, 6) is 0.803. The molecule has 1 aromatic carbocycles. The maximum Gasteiger partial charge on any atom is 0.0924 e. The number of aromatic nitrogens is 4. The number of piperazine rings is 1.